The van der Waals surface area contributed by atoms with Gasteiger partial charge in [0, 0.05) is 58.2 Å². The molecule has 6 heteroatoms. The van der Waals surface area contributed by atoms with E-state index in [2.05, 4.69) is 41.4 Å². The number of anilines is 1. The van der Waals surface area contributed by atoms with E-state index in [1.165, 1.54) is 16.7 Å². The second kappa shape index (κ2) is 8.49. The molecule has 4 rings (SSSR count). The minimum Gasteiger partial charge on any atom is -0.373 e. The van der Waals surface area contributed by atoms with Gasteiger partial charge in [-0.25, -0.2) is 9.97 Å². The first-order chi connectivity index (χ1) is 14.0. The highest BCUT2D eigenvalue weighted by Crippen LogP contribution is 2.30. The van der Waals surface area contributed by atoms with Crippen molar-refractivity contribution in [2.45, 2.75) is 52.1 Å². The average Bonchev–Trinajstić information content (AvgIpc) is 2.72. The molecule has 0 radical (unpaired) electrons. The van der Waals surface area contributed by atoms with Crippen LogP contribution in [0.3, 0.4) is 0 Å². The molecule has 1 aromatic heterocycles. The van der Waals surface area contributed by atoms with Crippen LogP contribution in [-0.4, -0.2) is 52.4 Å². The predicted octanol–water partition coefficient (Wildman–Crippen LogP) is 3.11. The van der Waals surface area contributed by atoms with E-state index in [4.69, 9.17) is 9.97 Å². The van der Waals surface area contributed by atoms with Gasteiger partial charge in [0.1, 0.15) is 11.6 Å². The number of nitrogens with zero attached hydrogens (tertiary/aromatic N) is 4. The molecule has 29 heavy (non-hydrogen) atoms. The summed E-state index contributed by atoms with van der Waals surface area (Å²) >= 11 is 0. The largest absolute Gasteiger partial charge is 0.373 e. The molecule has 0 saturated carbocycles. The van der Waals surface area contributed by atoms with Crippen LogP contribution in [-0.2, 0) is 24.3 Å². The molecule has 1 saturated heterocycles. The first-order valence-corrected chi connectivity index (χ1v) is 10.6. The Bertz CT molecular complexity index is 897. The van der Waals surface area contributed by atoms with Crippen molar-refractivity contribution in [2.24, 2.45) is 0 Å². The van der Waals surface area contributed by atoms with Crippen LogP contribution in [0.25, 0.3) is 0 Å². The Hall–Kier alpha value is -2.47. The number of amides is 1. The summed E-state index contributed by atoms with van der Waals surface area (Å²) in [6.45, 7) is 8.16. The fourth-order valence-corrected chi connectivity index (χ4v) is 4.57. The van der Waals surface area contributed by atoms with E-state index in [1.54, 1.807) is 6.92 Å². The van der Waals surface area contributed by atoms with Crippen LogP contribution >= 0.6 is 0 Å². The summed E-state index contributed by atoms with van der Waals surface area (Å²) in [5.41, 5.74) is 5.03. The van der Waals surface area contributed by atoms with Gasteiger partial charge in [-0.1, -0.05) is 29.8 Å². The number of aromatic nitrogens is 2. The van der Waals surface area contributed by atoms with Crippen molar-refractivity contribution in [3.8, 4) is 0 Å². The summed E-state index contributed by atoms with van der Waals surface area (Å²) < 4.78 is 0. The Labute approximate surface area is 173 Å². The maximum absolute atomic E-state index is 11.8. The van der Waals surface area contributed by atoms with Crippen molar-refractivity contribution in [2.75, 3.05) is 32.0 Å². The van der Waals surface area contributed by atoms with E-state index in [9.17, 15) is 4.79 Å². The highest BCUT2D eigenvalue weighted by atomic mass is 16.2. The first-order valence-electron chi connectivity index (χ1n) is 10.6. The van der Waals surface area contributed by atoms with E-state index in [1.807, 2.05) is 11.9 Å². The number of likely N-dealkylation sites (tertiary alicyclic amines) is 1. The van der Waals surface area contributed by atoms with Crippen LogP contribution in [0.5, 0.6) is 0 Å². The normalized spacial score (nSPS) is 19.7. The van der Waals surface area contributed by atoms with Gasteiger partial charge < -0.3 is 10.2 Å². The van der Waals surface area contributed by atoms with E-state index >= 15 is 0 Å². The van der Waals surface area contributed by atoms with E-state index < -0.39 is 0 Å². The highest BCUT2D eigenvalue weighted by molar-refractivity contribution is 5.73. The standard InChI is InChI=1S/C23H31N5O/c1-16-6-4-7-18(12-16)13-27-11-9-20-21(15-27)25-22(26-23(20)24-3)19-8-5-10-28(14-19)17(2)29/h4,6-7,12,19H,5,8-11,13-15H2,1-3H3,(H,24,25,26)/t19-/m1/s1. The van der Waals surface area contributed by atoms with Crippen LogP contribution in [0, 0.1) is 6.92 Å². The number of nitrogens with one attached hydrogen (secondary N) is 1. The van der Waals surface area contributed by atoms with Gasteiger partial charge in [0.15, 0.2) is 0 Å². The van der Waals surface area contributed by atoms with Gasteiger partial charge in [0.25, 0.3) is 0 Å². The van der Waals surface area contributed by atoms with Crippen LogP contribution in [0.2, 0.25) is 0 Å². The minimum atomic E-state index is 0.144. The van der Waals surface area contributed by atoms with Crippen LogP contribution < -0.4 is 5.32 Å². The predicted molar refractivity (Wildman–Crippen MR) is 115 cm³/mol. The average molecular weight is 394 g/mol. The van der Waals surface area contributed by atoms with Crippen molar-refractivity contribution in [3.63, 3.8) is 0 Å². The SMILES string of the molecule is CNc1nc([C@@H]2CCCN(C(C)=O)C2)nc2c1CCN(Cc1cccc(C)c1)C2. The molecule has 3 heterocycles. The van der Waals surface area contributed by atoms with Crippen molar-refractivity contribution in [3.05, 3.63) is 52.5 Å². The Morgan fingerprint density at radius 1 is 1.28 bits per heavy atom. The number of carbonyl (C=O) groups is 1. The zero-order valence-corrected chi connectivity index (χ0v) is 17.7. The third-order valence-electron chi connectivity index (χ3n) is 6.12. The minimum absolute atomic E-state index is 0.144. The molecule has 1 amide bonds. The fraction of sp³-hybridized carbons (Fsp3) is 0.522. The number of aryl methyl sites for hydroxylation is 1. The lowest BCUT2D eigenvalue weighted by Crippen LogP contribution is -2.38. The molecule has 154 valence electrons. The molecule has 0 unspecified atom stereocenters. The summed E-state index contributed by atoms with van der Waals surface area (Å²) in [7, 11) is 1.94. The van der Waals surface area contributed by atoms with Gasteiger partial charge in [-0.2, -0.15) is 0 Å². The van der Waals surface area contributed by atoms with Crippen LogP contribution in [0.1, 0.15) is 53.9 Å². The first kappa shape index (κ1) is 19.8. The van der Waals surface area contributed by atoms with E-state index in [0.29, 0.717) is 0 Å². The van der Waals surface area contributed by atoms with Gasteiger partial charge >= 0.3 is 0 Å². The van der Waals surface area contributed by atoms with Crippen LogP contribution in [0.4, 0.5) is 5.82 Å². The number of fused-ring (bicyclic) bond motifs is 1. The number of rotatable bonds is 4. The van der Waals surface area contributed by atoms with Crippen molar-refractivity contribution < 1.29 is 4.79 Å². The quantitative estimate of drug-likeness (QED) is 0.865. The number of carbonyl (C=O) groups excluding carboxylic acids is 1. The van der Waals surface area contributed by atoms with Gasteiger partial charge in [0.2, 0.25) is 5.91 Å². The number of hydrogen-bond donors (Lipinski definition) is 1. The van der Waals surface area contributed by atoms with Gasteiger partial charge in [-0.15, -0.1) is 0 Å². The second-order valence-corrected chi connectivity index (χ2v) is 8.36. The second-order valence-electron chi connectivity index (χ2n) is 8.36. The Kier molecular flexibility index (Phi) is 5.81. The van der Waals surface area contributed by atoms with Crippen LogP contribution in [0.15, 0.2) is 24.3 Å². The smallest absolute Gasteiger partial charge is 0.219 e. The third kappa shape index (κ3) is 4.42. The monoisotopic (exact) mass is 393 g/mol. The van der Waals surface area contributed by atoms with Crippen molar-refractivity contribution in [1.82, 2.24) is 19.8 Å². The van der Waals surface area contributed by atoms with Gasteiger partial charge in [-0.3, -0.25) is 9.69 Å². The molecule has 1 fully saturated rings. The molecule has 1 N–H and O–H groups in total. The van der Waals surface area contributed by atoms with Gasteiger partial charge in [-0.05, 0) is 31.7 Å². The Morgan fingerprint density at radius 2 is 2.14 bits per heavy atom. The Morgan fingerprint density at radius 3 is 2.90 bits per heavy atom. The maximum atomic E-state index is 11.8. The molecule has 0 spiro atoms. The van der Waals surface area contributed by atoms with Gasteiger partial charge in [0.05, 0.1) is 5.69 Å². The number of benzene rings is 1. The lowest BCUT2D eigenvalue weighted by atomic mass is 9.96. The molecule has 0 bridgehead atoms. The molecule has 1 atom stereocenters. The summed E-state index contributed by atoms with van der Waals surface area (Å²) in [6, 6.07) is 8.73. The molecular formula is C23H31N5O. The molecule has 0 aliphatic carbocycles. The summed E-state index contributed by atoms with van der Waals surface area (Å²) in [4.78, 5) is 26.1. The lowest BCUT2D eigenvalue weighted by Gasteiger charge is -2.33. The Balaban J connectivity index is 1.56. The summed E-state index contributed by atoms with van der Waals surface area (Å²) in [5, 5.41) is 3.29. The summed E-state index contributed by atoms with van der Waals surface area (Å²) in [5.74, 6) is 2.21. The molecule has 6 nitrogen and oxygen atoms in total. The maximum Gasteiger partial charge on any atom is 0.219 e. The number of hydrogen-bond acceptors (Lipinski definition) is 5. The molecule has 2 aliphatic heterocycles. The van der Waals surface area contributed by atoms with E-state index in [0.717, 1.165) is 69.3 Å². The van der Waals surface area contributed by atoms with Crippen molar-refractivity contribution >= 4 is 11.7 Å². The molecule has 2 aromatic rings. The molecule has 2 aliphatic rings. The van der Waals surface area contributed by atoms with E-state index in [-0.39, 0.29) is 11.8 Å². The summed E-state index contributed by atoms with van der Waals surface area (Å²) in [6.07, 6.45) is 3.01. The molecule has 1 aromatic carbocycles. The molecular weight excluding hydrogens is 362 g/mol. The zero-order chi connectivity index (χ0) is 20.4. The lowest BCUT2D eigenvalue weighted by molar-refractivity contribution is -0.130. The number of piperidine rings is 1. The topological polar surface area (TPSA) is 61.4 Å². The fourth-order valence-electron chi connectivity index (χ4n) is 4.57. The zero-order valence-electron chi connectivity index (χ0n) is 17.7. The highest BCUT2D eigenvalue weighted by Gasteiger charge is 2.28. The van der Waals surface area contributed by atoms with Crippen molar-refractivity contribution in [1.29, 1.82) is 0 Å². The third-order valence-corrected chi connectivity index (χ3v) is 6.12.